The summed E-state index contributed by atoms with van der Waals surface area (Å²) in [7, 11) is 0. The highest BCUT2D eigenvalue weighted by molar-refractivity contribution is 5.41. The zero-order valence-electron chi connectivity index (χ0n) is 11.9. The van der Waals surface area contributed by atoms with Crippen molar-refractivity contribution >= 4 is 0 Å². The Morgan fingerprint density at radius 1 is 1.19 bits per heavy atom. The molecule has 2 fully saturated rings. The minimum absolute atomic E-state index is 0.903. The fourth-order valence-corrected chi connectivity index (χ4v) is 3.49. The molecular weight excluding hydrogens is 192 g/mol. The highest BCUT2D eigenvalue weighted by Crippen LogP contribution is 2.52. The molecule has 0 nitrogen and oxygen atoms in total. The van der Waals surface area contributed by atoms with Crippen molar-refractivity contribution in [2.24, 2.45) is 17.8 Å². The summed E-state index contributed by atoms with van der Waals surface area (Å²) >= 11 is 0. The molecular formula is C16H28. The van der Waals surface area contributed by atoms with Gasteiger partial charge < -0.3 is 0 Å². The quantitative estimate of drug-likeness (QED) is 0.515. The SMILES string of the molecule is C/C=C1\C(=C(C)C)CC2C[C@H](C)CC12.CC. The molecule has 92 valence electrons. The lowest BCUT2D eigenvalue weighted by atomic mass is 9.94. The van der Waals surface area contributed by atoms with Crippen molar-refractivity contribution in [1.82, 2.24) is 0 Å². The molecule has 0 spiro atoms. The Morgan fingerprint density at radius 2 is 1.81 bits per heavy atom. The van der Waals surface area contributed by atoms with Crippen molar-refractivity contribution < 1.29 is 0 Å². The topological polar surface area (TPSA) is 0 Å². The lowest BCUT2D eigenvalue weighted by molar-refractivity contribution is 0.492. The summed E-state index contributed by atoms with van der Waals surface area (Å²) in [5.74, 6) is 2.83. The zero-order valence-corrected chi connectivity index (χ0v) is 11.9. The lowest BCUT2D eigenvalue weighted by Gasteiger charge is -2.11. The van der Waals surface area contributed by atoms with Gasteiger partial charge >= 0.3 is 0 Å². The molecule has 2 aliphatic rings. The van der Waals surface area contributed by atoms with Gasteiger partial charge in [-0.25, -0.2) is 0 Å². The number of fused-ring (bicyclic) bond motifs is 1. The van der Waals surface area contributed by atoms with Crippen LogP contribution in [0.4, 0.5) is 0 Å². The first-order valence-electron chi connectivity index (χ1n) is 6.96. The minimum atomic E-state index is 0.903. The molecule has 0 heterocycles. The van der Waals surface area contributed by atoms with Crippen molar-refractivity contribution in [3.8, 4) is 0 Å². The fraction of sp³-hybridized carbons (Fsp3) is 0.750. The van der Waals surface area contributed by atoms with Crippen LogP contribution in [0.25, 0.3) is 0 Å². The lowest BCUT2D eigenvalue weighted by Crippen LogP contribution is -1.99. The third-order valence-corrected chi connectivity index (χ3v) is 4.06. The third-order valence-electron chi connectivity index (χ3n) is 4.06. The molecule has 0 bridgehead atoms. The number of allylic oxidation sites excluding steroid dienone is 4. The summed E-state index contributed by atoms with van der Waals surface area (Å²) in [6, 6.07) is 0. The average Bonchev–Trinajstić information content (AvgIpc) is 2.76. The van der Waals surface area contributed by atoms with Crippen LogP contribution in [-0.4, -0.2) is 0 Å². The first-order chi connectivity index (χ1) is 7.63. The van der Waals surface area contributed by atoms with E-state index in [1.165, 1.54) is 19.3 Å². The van der Waals surface area contributed by atoms with Gasteiger partial charge in [-0.2, -0.15) is 0 Å². The van der Waals surface area contributed by atoms with E-state index in [1.807, 2.05) is 13.8 Å². The molecule has 2 saturated carbocycles. The molecule has 0 aliphatic heterocycles. The van der Waals surface area contributed by atoms with Crippen LogP contribution in [-0.2, 0) is 0 Å². The highest BCUT2D eigenvalue weighted by atomic mass is 14.4. The van der Waals surface area contributed by atoms with Gasteiger partial charge in [-0.1, -0.05) is 32.4 Å². The van der Waals surface area contributed by atoms with E-state index < -0.39 is 0 Å². The average molecular weight is 220 g/mol. The van der Waals surface area contributed by atoms with Crippen molar-refractivity contribution in [2.45, 2.75) is 60.8 Å². The van der Waals surface area contributed by atoms with E-state index in [2.05, 4.69) is 33.8 Å². The van der Waals surface area contributed by atoms with Crippen LogP contribution in [0.3, 0.4) is 0 Å². The molecule has 0 heteroatoms. The van der Waals surface area contributed by atoms with E-state index >= 15 is 0 Å². The molecule has 0 N–H and O–H groups in total. The summed E-state index contributed by atoms with van der Waals surface area (Å²) in [6.45, 7) is 13.2. The Hall–Kier alpha value is -0.520. The van der Waals surface area contributed by atoms with Crippen LogP contribution in [0.1, 0.15) is 60.8 Å². The molecule has 16 heavy (non-hydrogen) atoms. The summed E-state index contributed by atoms with van der Waals surface area (Å²) in [4.78, 5) is 0. The monoisotopic (exact) mass is 220 g/mol. The maximum Gasteiger partial charge on any atom is -0.0128 e. The van der Waals surface area contributed by atoms with Gasteiger partial charge in [0.2, 0.25) is 0 Å². The molecule has 0 aromatic carbocycles. The Bertz CT molecular complexity index is 289. The standard InChI is InChI=1S/C14H22.C2H6/c1-5-12-13(9(2)3)8-11-6-10(4)7-14(11)12;1-2/h5,10-11,14H,6-8H2,1-4H3;1-2H3/b12-5+;/t10-,11?,14?;/m0./s1. The Kier molecular flexibility index (Phi) is 4.83. The Balaban J connectivity index is 0.000000606. The second kappa shape index (κ2) is 5.70. The second-order valence-electron chi connectivity index (χ2n) is 5.37. The number of hydrogen-bond donors (Lipinski definition) is 0. The van der Waals surface area contributed by atoms with Gasteiger partial charge in [-0.3, -0.25) is 0 Å². The van der Waals surface area contributed by atoms with Crippen molar-refractivity contribution in [3.05, 3.63) is 22.8 Å². The predicted octanol–water partition coefficient (Wildman–Crippen LogP) is 5.36. The summed E-state index contributed by atoms with van der Waals surface area (Å²) in [6.07, 6.45) is 6.61. The minimum Gasteiger partial charge on any atom is -0.0839 e. The molecule has 2 aliphatic carbocycles. The van der Waals surface area contributed by atoms with Gasteiger partial charge in [0.05, 0.1) is 0 Å². The molecule has 2 rings (SSSR count). The smallest absolute Gasteiger partial charge is 0.0128 e. The third kappa shape index (κ3) is 2.42. The normalized spacial score (nSPS) is 34.8. The molecule has 0 aromatic heterocycles. The zero-order chi connectivity index (χ0) is 12.3. The molecule has 2 unspecified atom stereocenters. The van der Waals surface area contributed by atoms with Gasteiger partial charge in [-0.15, -0.1) is 0 Å². The van der Waals surface area contributed by atoms with Crippen LogP contribution in [0, 0.1) is 17.8 Å². The maximum atomic E-state index is 2.41. The fourth-order valence-electron chi connectivity index (χ4n) is 3.49. The van der Waals surface area contributed by atoms with E-state index in [0.29, 0.717) is 0 Å². The predicted molar refractivity (Wildman–Crippen MR) is 73.5 cm³/mol. The van der Waals surface area contributed by atoms with E-state index in [0.717, 1.165) is 17.8 Å². The molecule has 3 atom stereocenters. The van der Waals surface area contributed by atoms with Crippen LogP contribution in [0.15, 0.2) is 22.8 Å². The van der Waals surface area contributed by atoms with Gasteiger partial charge in [0, 0.05) is 0 Å². The number of hydrogen-bond acceptors (Lipinski definition) is 0. The molecule has 0 saturated heterocycles. The van der Waals surface area contributed by atoms with Crippen LogP contribution >= 0.6 is 0 Å². The van der Waals surface area contributed by atoms with E-state index in [4.69, 9.17) is 0 Å². The summed E-state index contributed by atoms with van der Waals surface area (Å²) in [5, 5.41) is 0. The van der Waals surface area contributed by atoms with Crippen LogP contribution < -0.4 is 0 Å². The Labute approximate surface area is 102 Å². The molecule has 0 aromatic rings. The molecule has 0 radical (unpaired) electrons. The van der Waals surface area contributed by atoms with Gasteiger partial charge in [0.25, 0.3) is 0 Å². The first kappa shape index (κ1) is 13.5. The maximum absolute atomic E-state index is 2.41. The second-order valence-corrected chi connectivity index (χ2v) is 5.37. The highest BCUT2D eigenvalue weighted by Gasteiger charge is 2.40. The van der Waals surface area contributed by atoms with Gasteiger partial charge in [0.15, 0.2) is 0 Å². The first-order valence-corrected chi connectivity index (χ1v) is 6.96. The van der Waals surface area contributed by atoms with Crippen molar-refractivity contribution in [3.63, 3.8) is 0 Å². The van der Waals surface area contributed by atoms with Crippen LogP contribution in [0.5, 0.6) is 0 Å². The van der Waals surface area contributed by atoms with Crippen LogP contribution in [0.2, 0.25) is 0 Å². The van der Waals surface area contributed by atoms with E-state index in [1.54, 1.807) is 16.7 Å². The summed E-state index contributed by atoms with van der Waals surface area (Å²) < 4.78 is 0. The van der Waals surface area contributed by atoms with E-state index in [9.17, 15) is 0 Å². The molecule has 0 amide bonds. The number of rotatable bonds is 0. The van der Waals surface area contributed by atoms with E-state index in [-0.39, 0.29) is 0 Å². The Morgan fingerprint density at radius 3 is 2.31 bits per heavy atom. The van der Waals surface area contributed by atoms with Crippen molar-refractivity contribution in [2.75, 3.05) is 0 Å². The largest absolute Gasteiger partial charge is 0.0839 e. The van der Waals surface area contributed by atoms with Gasteiger partial charge in [-0.05, 0) is 68.9 Å². The van der Waals surface area contributed by atoms with Gasteiger partial charge in [0.1, 0.15) is 0 Å². The summed E-state index contributed by atoms with van der Waals surface area (Å²) in [5.41, 5.74) is 4.90. The van der Waals surface area contributed by atoms with Crippen molar-refractivity contribution in [1.29, 1.82) is 0 Å².